The highest BCUT2D eigenvalue weighted by Gasteiger charge is 2.36. The Labute approximate surface area is 350 Å². The maximum absolute atomic E-state index is 6.91. The predicted octanol–water partition coefficient (Wildman–Crippen LogP) is 15.9. The lowest BCUT2D eigenvalue weighted by Crippen LogP contribution is -2.16. The van der Waals surface area contributed by atoms with Gasteiger partial charge in [-0.25, -0.2) is 0 Å². The number of allylic oxidation sites excluding steroid dienone is 1. The smallest absolute Gasteiger partial charge is 0.138 e. The van der Waals surface area contributed by atoms with Crippen LogP contribution in [0.5, 0.6) is 0 Å². The molecule has 0 spiro atoms. The molecule has 0 bridgehead atoms. The van der Waals surface area contributed by atoms with Crippen molar-refractivity contribution in [3.63, 3.8) is 0 Å². The first-order valence-corrected chi connectivity index (χ1v) is 21.0. The largest absolute Gasteiger partial charge is 0.456 e. The first kappa shape index (κ1) is 34.6. The van der Waals surface area contributed by atoms with Crippen LogP contribution in [0, 0.1) is 0 Å². The Morgan fingerprint density at radius 2 is 1.12 bits per heavy atom. The van der Waals surface area contributed by atoms with E-state index in [9.17, 15) is 0 Å². The molecule has 10 aromatic rings. The van der Waals surface area contributed by atoms with Crippen LogP contribution in [0.3, 0.4) is 0 Å². The van der Waals surface area contributed by atoms with E-state index >= 15 is 0 Å². The van der Waals surface area contributed by atoms with Crippen LogP contribution in [0.1, 0.15) is 41.7 Å². The van der Waals surface area contributed by atoms with Gasteiger partial charge in [0.1, 0.15) is 11.2 Å². The Balaban J connectivity index is 1.09. The minimum Gasteiger partial charge on any atom is -0.456 e. The fourth-order valence-corrected chi connectivity index (χ4v) is 10.0. The van der Waals surface area contributed by atoms with Crippen molar-refractivity contribution in [3.8, 4) is 33.4 Å². The van der Waals surface area contributed by atoms with Gasteiger partial charge in [-0.1, -0.05) is 172 Å². The monoisotopic (exact) mass is 767 g/mol. The summed E-state index contributed by atoms with van der Waals surface area (Å²) in [5.74, 6) is 0. The second-order valence-electron chi connectivity index (χ2n) is 16.9. The zero-order valence-electron chi connectivity index (χ0n) is 33.6. The number of furan rings is 1. The van der Waals surface area contributed by atoms with Crippen LogP contribution in [0.4, 0.5) is 17.1 Å². The van der Waals surface area contributed by atoms with Crippen LogP contribution in [-0.4, -0.2) is 0 Å². The molecule has 0 aliphatic heterocycles. The molecule has 9 aromatic carbocycles. The van der Waals surface area contributed by atoms with Crippen molar-refractivity contribution in [2.24, 2.45) is 0 Å². The van der Waals surface area contributed by atoms with Gasteiger partial charge in [-0.05, 0) is 126 Å². The van der Waals surface area contributed by atoms with Gasteiger partial charge in [-0.3, -0.25) is 0 Å². The van der Waals surface area contributed by atoms with E-state index in [2.05, 4.69) is 219 Å². The lowest BCUT2D eigenvalue weighted by atomic mass is 9.82. The number of hydrogen-bond acceptors (Lipinski definition) is 2. The highest BCUT2D eigenvalue weighted by atomic mass is 16.3. The zero-order valence-corrected chi connectivity index (χ0v) is 33.6. The van der Waals surface area contributed by atoms with Crippen molar-refractivity contribution >= 4 is 61.4 Å². The van der Waals surface area contributed by atoms with E-state index in [0.29, 0.717) is 0 Å². The van der Waals surface area contributed by atoms with Gasteiger partial charge in [0, 0.05) is 22.2 Å². The Morgan fingerprint density at radius 3 is 1.92 bits per heavy atom. The lowest BCUT2D eigenvalue weighted by molar-refractivity contribution is 0.660. The van der Waals surface area contributed by atoms with E-state index in [-0.39, 0.29) is 5.41 Å². The fraction of sp³-hybridized carbons (Fsp3) is 0.0690. The fourth-order valence-electron chi connectivity index (χ4n) is 10.0. The molecule has 1 heterocycles. The molecule has 0 fully saturated rings. The Kier molecular flexibility index (Phi) is 7.68. The number of benzene rings is 9. The van der Waals surface area contributed by atoms with E-state index in [4.69, 9.17) is 4.42 Å². The van der Waals surface area contributed by atoms with Gasteiger partial charge >= 0.3 is 0 Å². The summed E-state index contributed by atoms with van der Waals surface area (Å²) in [6, 6.07) is 71.1. The van der Waals surface area contributed by atoms with Gasteiger partial charge in [-0.15, -0.1) is 0 Å². The molecule has 2 aliphatic rings. The molecule has 0 amide bonds. The number of rotatable bonds is 6. The van der Waals surface area contributed by atoms with E-state index in [1.165, 1.54) is 77.5 Å². The van der Waals surface area contributed by atoms with E-state index in [1.54, 1.807) is 0 Å². The Hall–Kier alpha value is -7.42. The van der Waals surface area contributed by atoms with Gasteiger partial charge in [-0.2, -0.15) is 0 Å². The molecular weight excluding hydrogens is 727 g/mol. The third kappa shape index (κ3) is 5.41. The minimum absolute atomic E-state index is 0.153. The molecule has 0 unspecified atom stereocenters. The van der Waals surface area contributed by atoms with E-state index in [0.717, 1.165) is 45.4 Å². The van der Waals surface area contributed by atoms with E-state index in [1.807, 2.05) is 0 Å². The molecule has 12 rings (SSSR count). The summed E-state index contributed by atoms with van der Waals surface area (Å²) in [5, 5.41) is 4.64. The van der Waals surface area contributed by atoms with Crippen molar-refractivity contribution < 1.29 is 4.42 Å². The molecule has 0 N–H and O–H groups in total. The second-order valence-corrected chi connectivity index (χ2v) is 16.9. The molecule has 0 radical (unpaired) electrons. The van der Waals surface area contributed by atoms with Gasteiger partial charge in [0.15, 0.2) is 0 Å². The molecule has 1 aromatic heterocycles. The van der Waals surface area contributed by atoms with Gasteiger partial charge in [0.05, 0.1) is 11.1 Å². The highest BCUT2D eigenvalue weighted by Crippen LogP contribution is 2.52. The van der Waals surface area contributed by atoms with Gasteiger partial charge in [0.25, 0.3) is 0 Å². The van der Waals surface area contributed by atoms with Gasteiger partial charge < -0.3 is 9.32 Å². The van der Waals surface area contributed by atoms with Crippen LogP contribution < -0.4 is 4.90 Å². The van der Waals surface area contributed by atoms with E-state index < -0.39 is 0 Å². The molecule has 2 heteroatoms. The van der Waals surface area contributed by atoms with Crippen molar-refractivity contribution in [1.82, 2.24) is 0 Å². The lowest BCUT2D eigenvalue weighted by Gasteiger charge is -2.29. The highest BCUT2D eigenvalue weighted by molar-refractivity contribution is 6.23. The maximum atomic E-state index is 6.91. The molecular formula is C58H41NO. The summed E-state index contributed by atoms with van der Waals surface area (Å²) in [6.45, 7) is 4.73. The second kappa shape index (κ2) is 13.3. The number of fused-ring (bicyclic) bond motifs is 9. The molecule has 0 saturated carbocycles. The van der Waals surface area contributed by atoms with Crippen molar-refractivity contribution in [3.05, 3.63) is 222 Å². The molecule has 284 valence electrons. The summed E-state index contributed by atoms with van der Waals surface area (Å²) in [4.78, 5) is 2.48. The average Bonchev–Trinajstić information content (AvgIpc) is 3.98. The number of nitrogens with zero attached hydrogens (tertiary/aromatic N) is 1. The van der Waals surface area contributed by atoms with Crippen LogP contribution in [0.2, 0.25) is 0 Å². The maximum Gasteiger partial charge on any atom is 0.138 e. The quantitative estimate of drug-likeness (QED) is 0.168. The molecule has 0 atom stereocenters. The SMILES string of the molecule is CC1(C)c2ccccc2-c2ccc(N(c3ccc(-c4ccc(-c5ccccc5)cc4)cc3)c3cc(C4=Cc5ccccc5C4)cc4oc5ccc6ccccc6c5c34)cc21. The molecule has 2 nitrogen and oxygen atoms in total. The summed E-state index contributed by atoms with van der Waals surface area (Å²) in [7, 11) is 0. The third-order valence-electron chi connectivity index (χ3n) is 13.1. The Bertz CT molecular complexity index is 3350. The minimum atomic E-state index is -0.153. The van der Waals surface area contributed by atoms with Crippen molar-refractivity contribution in [1.29, 1.82) is 0 Å². The molecule has 0 saturated heterocycles. The van der Waals surface area contributed by atoms with Crippen LogP contribution in [-0.2, 0) is 11.8 Å². The first-order chi connectivity index (χ1) is 29.5. The number of hydrogen-bond donors (Lipinski definition) is 0. The third-order valence-corrected chi connectivity index (χ3v) is 13.1. The van der Waals surface area contributed by atoms with Crippen LogP contribution in [0.15, 0.2) is 199 Å². The number of anilines is 3. The standard InChI is InChI=1S/C58H41NO/c1-58(2)51-19-11-10-18-49(51)50-30-29-47(36-52(50)58)59(46-27-24-40(25-28-46)39-22-20-38(21-23-39)37-12-4-3-5-13-37)53-34-45(44-32-42-15-6-7-16-43(42)33-44)35-55-57(53)56-48-17-9-8-14-41(48)26-31-54(56)60-55/h3-32,34-36H,33H2,1-2H3. The molecule has 60 heavy (non-hydrogen) atoms. The first-order valence-electron chi connectivity index (χ1n) is 21.0. The van der Waals surface area contributed by atoms with Crippen molar-refractivity contribution in [2.75, 3.05) is 4.90 Å². The summed E-state index contributed by atoms with van der Waals surface area (Å²) in [6.07, 6.45) is 3.24. The summed E-state index contributed by atoms with van der Waals surface area (Å²) < 4.78 is 6.91. The summed E-state index contributed by atoms with van der Waals surface area (Å²) in [5.41, 5.74) is 20.2. The Morgan fingerprint density at radius 1 is 0.467 bits per heavy atom. The van der Waals surface area contributed by atoms with Crippen LogP contribution in [0.25, 0.3) is 77.7 Å². The molecule has 2 aliphatic carbocycles. The van der Waals surface area contributed by atoms with Gasteiger partial charge in [0.2, 0.25) is 0 Å². The summed E-state index contributed by atoms with van der Waals surface area (Å²) >= 11 is 0. The van der Waals surface area contributed by atoms with Crippen LogP contribution >= 0.6 is 0 Å². The normalized spacial score (nSPS) is 13.7. The predicted molar refractivity (Wildman–Crippen MR) is 252 cm³/mol. The van der Waals surface area contributed by atoms with Crippen molar-refractivity contribution in [2.45, 2.75) is 25.7 Å². The topological polar surface area (TPSA) is 16.4 Å². The zero-order chi connectivity index (χ0) is 40.0. The average molecular weight is 768 g/mol.